The first kappa shape index (κ1) is 13.5. The summed E-state index contributed by atoms with van der Waals surface area (Å²) in [5, 5.41) is 8.53. The molecule has 2 rings (SSSR count). The van der Waals surface area contributed by atoms with Crippen molar-refractivity contribution in [3.63, 3.8) is 0 Å². The van der Waals surface area contributed by atoms with Crippen LogP contribution in [0.5, 0.6) is 0 Å². The first-order valence-corrected chi connectivity index (χ1v) is 6.95. The van der Waals surface area contributed by atoms with Crippen molar-refractivity contribution in [3.8, 4) is 0 Å². The molecule has 18 heavy (non-hydrogen) atoms. The fourth-order valence-corrected chi connectivity index (χ4v) is 2.44. The Morgan fingerprint density at radius 2 is 2.22 bits per heavy atom. The Hall–Kier alpha value is -0.940. The molecule has 0 atom stereocenters. The molecule has 102 valence electrons. The Labute approximate surface area is 109 Å². The Bertz CT molecular complexity index is 360. The Morgan fingerprint density at radius 3 is 2.83 bits per heavy atom. The maximum Gasteiger partial charge on any atom is 0.0872 e. The second-order valence-corrected chi connectivity index (χ2v) is 5.07. The third kappa shape index (κ3) is 3.29. The zero-order valence-corrected chi connectivity index (χ0v) is 11.3. The minimum absolute atomic E-state index is 0.626. The highest BCUT2D eigenvalue weighted by Gasteiger charge is 2.18. The topological polar surface area (TPSA) is 66.0 Å². The van der Waals surface area contributed by atoms with Gasteiger partial charge in [0.2, 0.25) is 0 Å². The van der Waals surface area contributed by atoms with Gasteiger partial charge in [0.1, 0.15) is 0 Å². The van der Waals surface area contributed by atoms with Crippen molar-refractivity contribution in [3.05, 3.63) is 11.4 Å². The summed E-state index contributed by atoms with van der Waals surface area (Å²) in [4.78, 5) is 0. The van der Waals surface area contributed by atoms with Crippen LogP contribution in [0.25, 0.3) is 0 Å². The number of nitrogens with two attached hydrogens (primary N) is 1. The Kier molecular flexibility index (Phi) is 5.13. The van der Waals surface area contributed by atoms with Gasteiger partial charge in [-0.1, -0.05) is 24.5 Å². The highest BCUT2D eigenvalue weighted by atomic mass is 16.5. The lowest BCUT2D eigenvalue weighted by Gasteiger charge is -2.25. The third-order valence-electron chi connectivity index (χ3n) is 3.82. The molecule has 5 heteroatoms. The van der Waals surface area contributed by atoms with Crippen LogP contribution in [0.2, 0.25) is 0 Å². The molecule has 1 aliphatic carbocycles. The summed E-state index contributed by atoms with van der Waals surface area (Å²) >= 11 is 0. The van der Waals surface area contributed by atoms with Gasteiger partial charge in [-0.15, -0.1) is 5.10 Å². The van der Waals surface area contributed by atoms with Crippen LogP contribution in [0.1, 0.15) is 37.1 Å². The van der Waals surface area contributed by atoms with Crippen LogP contribution in [0.3, 0.4) is 0 Å². The van der Waals surface area contributed by atoms with E-state index in [-0.39, 0.29) is 0 Å². The molecule has 2 N–H and O–H groups in total. The number of rotatable bonds is 8. The first-order valence-electron chi connectivity index (χ1n) is 6.95. The summed E-state index contributed by atoms with van der Waals surface area (Å²) < 4.78 is 7.22. The van der Waals surface area contributed by atoms with E-state index in [9.17, 15) is 0 Å². The molecule has 0 aromatic carbocycles. The molecule has 1 fully saturated rings. The summed E-state index contributed by atoms with van der Waals surface area (Å²) in [6.45, 7) is 2.33. The summed E-state index contributed by atoms with van der Waals surface area (Å²) in [6, 6.07) is 0. The van der Waals surface area contributed by atoms with E-state index >= 15 is 0 Å². The fraction of sp³-hybridized carbons (Fsp3) is 0.846. The summed E-state index contributed by atoms with van der Waals surface area (Å²) in [5.74, 6) is 0.905. The Morgan fingerprint density at radius 1 is 1.39 bits per heavy atom. The Balaban J connectivity index is 1.96. The lowest BCUT2D eigenvalue weighted by molar-refractivity contribution is 0.199. The van der Waals surface area contributed by atoms with Gasteiger partial charge in [-0.05, 0) is 18.9 Å². The van der Waals surface area contributed by atoms with Crippen LogP contribution < -0.4 is 5.73 Å². The van der Waals surface area contributed by atoms with Crippen LogP contribution in [-0.2, 0) is 24.1 Å². The number of aryl methyl sites for hydroxylation is 1. The number of nitrogens with zero attached hydrogens (tertiary/aromatic N) is 3. The van der Waals surface area contributed by atoms with Gasteiger partial charge in [-0.2, -0.15) is 0 Å². The lowest BCUT2D eigenvalue weighted by atomic mass is 9.83. The highest BCUT2D eigenvalue weighted by molar-refractivity contribution is 5.11. The van der Waals surface area contributed by atoms with E-state index in [0.29, 0.717) is 13.2 Å². The maximum absolute atomic E-state index is 5.61. The van der Waals surface area contributed by atoms with E-state index in [1.807, 2.05) is 0 Å². The smallest absolute Gasteiger partial charge is 0.0872 e. The molecular weight excluding hydrogens is 228 g/mol. The van der Waals surface area contributed by atoms with Crippen LogP contribution in [-0.4, -0.2) is 35.3 Å². The van der Waals surface area contributed by atoms with E-state index in [4.69, 9.17) is 10.5 Å². The van der Waals surface area contributed by atoms with Gasteiger partial charge in [0.15, 0.2) is 0 Å². The molecule has 0 unspecified atom stereocenters. The monoisotopic (exact) mass is 252 g/mol. The zero-order valence-electron chi connectivity index (χ0n) is 11.3. The predicted octanol–water partition coefficient (Wildman–Crippen LogP) is 1.16. The standard InChI is InChI=1S/C13H24N4O/c1-18-10-7-13-12(5-8-14)15-16-17(13)9-6-11-3-2-4-11/h11H,2-10,14H2,1H3. The van der Waals surface area contributed by atoms with Gasteiger partial charge in [-0.3, -0.25) is 0 Å². The van der Waals surface area contributed by atoms with Crippen molar-refractivity contribution in [2.24, 2.45) is 11.7 Å². The zero-order chi connectivity index (χ0) is 12.8. The van der Waals surface area contributed by atoms with Crippen molar-refractivity contribution < 1.29 is 4.74 Å². The molecule has 0 aliphatic heterocycles. The second kappa shape index (κ2) is 6.85. The van der Waals surface area contributed by atoms with Crippen LogP contribution in [0.4, 0.5) is 0 Å². The van der Waals surface area contributed by atoms with Crippen molar-refractivity contribution in [2.75, 3.05) is 20.3 Å². The minimum atomic E-state index is 0.626. The molecular formula is C13H24N4O. The summed E-state index contributed by atoms with van der Waals surface area (Å²) in [6.07, 6.45) is 7.09. The number of ether oxygens (including phenoxy) is 1. The van der Waals surface area contributed by atoms with Crippen molar-refractivity contribution in [1.82, 2.24) is 15.0 Å². The summed E-state index contributed by atoms with van der Waals surface area (Å²) in [7, 11) is 1.73. The number of aromatic nitrogens is 3. The first-order chi connectivity index (χ1) is 8.85. The number of hydrogen-bond donors (Lipinski definition) is 1. The predicted molar refractivity (Wildman–Crippen MR) is 70.3 cm³/mol. The van der Waals surface area contributed by atoms with E-state index in [1.54, 1.807) is 7.11 Å². The highest BCUT2D eigenvalue weighted by Crippen LogP contribution is 2.29. The molecule has 5 nitrogen and oxygen atoms in total. The molecule has 0 spiro atoms. The number of hydrogen-bond acceptors (Lipinski definition) is 4. The van der Waals surface area contributed by atoms with Crippen LogP contribution in [0, 0.1) is 5.92 Å². The summed E-state index contributed by atoms with van der Waals surface area (Å²) in [5.41, 5.74) is 7.87. The van der Waals surface area contributed by atoms with Crippen molar-refractivity contribution >= 4 is 0 Å². The lowest BCUT2D eigenvalue weighted by Crippen LogP contribution is -2.16. The van der Waals surface area contributed by atoms with Gasteiger partial charge in [0.25, 0.3) is 0 Å². The quantitative estimate of drug-likeness (QED) is 0.754. The molecule has 1 heterocycles. The minimum Gasteiger partial charge on any atom is -0.384 e. The SMILES string of the molecule is COCCc1c(CCN)nnn1CCC1CCC1. The van der Waals surface area contributed by atoms with Crippen LogP contribution in [0.15, 0.2) is 0 Å². The molecule has 0 bridgehead atoms. The molecule has 1 aromatic heterocycles. The van der Waals surface area contributed by atoms with Gasteiger partial charge in [-0.25, -0.2) is 4.68 Å². The van der Waals surface area contributed by atoms with E-state index in [0.717, 1.165) is 31.0 Å². The van der Waals surface area contributed by atoms with Crippen molar-refractivity contribution in [1.29, 1.82) is 0 Å². The fourth-order valence-electron chi connectivity index (χ4n) is 2.44. The molecule has 1 aliphatic rings. The van der Waals surface area contributed by atoms with E-state index in [2.05, 4.69) is 15.0 Å². The normalized spacial score (nSPS) is 15.9. The molecule has 0 radical (unpaired) electrons. The van der Waals surface area contributed by atoms with Crippen LogP contribution >= 0.6 is 0 Å². The maximum atomic E-state index is 5.61. The van der Waals surface area contributed by atoms with Gasteiger partial charge in [0.05, 0.1) is 18.0 Å². The van der Waals surface area contributed by atoms with Gasteiger partial charge in [0, 0.05) is 26.5 Å². The second-order valence-electron chi connectivity index (χ2n) is 5.07. The average Bonchev–Trinajstić information content (AvgIpc) is 2.68. The molecule has 0 saturated heterocycles. The van der Waals surface area contributed by atoms with Crippen molar-refractivity contribution in [2.45, 2.75) is 45.1 Å². The van der Waals surface area contributed by atoms with E-state index in [1.165, 1.54) is 31.4 Å². The number of methoxy groups -OCH3 is 1. The molecule has 1 saturated carbocycles. The van der Waals surface area contributed by atoms with Gasteiger partial charge < -0.3 is 10.5 Å². The molecule has 1 aromatic rings. The van der Waals surface area contributed by atoms with Gasteiger partial charge >= 0.3 is 0 Å². The third-order valence-corrected chi connectivity index (χ3v) is 3.82. The van der Waals surface area contributed by atoms with E-state index < -0.39 is 0 Å². The molecule has 0 amide bonds. The average molecular weight is 252 g/mol. The largest absolute Gasteiger partial charge is 0.384 e.